The summed E-state index contributed by atoms with van der Waals surface area (Å²) in [6, 6.07) is 11.8. The predicted molar refractivity (Wildman–Crippen MR) is 88.9 cm³/mol. The molecule has 0 radical (unpaired) electrons. The Kier molecular flexibility index (Phi) is 3.81. The summed E-state index contributed by atoms with van der Waals surface area (Å²) in [7, 11) is 0. The number of hydrogen-bond acceptors (Lipinski definition) is 6. The molecule has 1 aliphatic heterocycles. The summed E-state index contributed by atoms with van der Waals surface area (Å²) in [5, 5.41) is 0.490. The predicted octanol–water partition coefficient (Wildman–Crippen LogP) is 2.05. The van der Waals surface area contributed by atoms with E-state index in [9.17, 15) is 9.59 Å². The zero-order chi connectivity index (χ0) is 17.2. The first-order valence-corrected chi connectivity index (χ1v) is 7.75. The molecule has 7 nitrogen and oxygen atoms in total. The number of rotatable bonds is 3. The number of para-hydroxylation sites is 1. The molecule has 1 aromatic heterocycles. The van der Waals surface area contributed by atoms with Gasteiger partial charge in [-0.2, -0.15) is 0 Å². The van der Waals surface area contributed by atoms with Crippen molar-refractivity contribution < 1.29 is 19.0 Å². The number of nitrogens with one attached hydrogen (secondary N) is 1. The lowest BCUT2D eigenvalue weighted by Crippen LogP contribution is -2.16. The zero-order valence-corrected chi connectivity index (χ0v) is 13.2. The molecule has 1 N–H and O–H groups in total. The minimum absolute atomic E-state index is 0.132. The monoisotopic (exact) mass is 338 g/mol. The minimum Gasteiger partial charge on any atom is -0.486 e. The Morgan fingerprint density at radius 1 is 1.12 bits per heavy atom. The molecular formula is C18H14N2O5. The van der Waals surface area contributed by atoms with Gasteiger partial charge >= 0.3 is 5.97 Å². The van der Waals surface area contributed by atoms with Crippen molar-refractivity contribution in [2.24, 2.45) is 0 Å². The third-order valence-corrected chi connectivity index (χ3v) is 3.78. The number of carbonyl (C=O) groups excluding carboxylic acids is 1. The maximum Gasteiger partial charge on any atom is 0.338 e. The highest BCUT2D eigenvalue weighted by atomic mass is 16.6. The molecule has 2 aromatic carbocycles. The van der Waals surface area contributed by atoms with Crippen molar-refractivity contribution in [3.05, 3.63) is 64.2 Å². The van der Waals surface area contributed by atoms with Gasteiger partial charge in [-0.1, -0.05) is 12.1 Å². The van der Waals surface area contributed by atoms with Gasteiger partial charge in [-0.25, -0.2) is 9.78 Å². The largest absolute Gasteiger partial charge is 0.486 e. The zero-order valence-electron chi connectivity index (χ0n) is 13.2. The standard InChI is InChI=1S/C18H14N2O5/c21-17-12-3-1-2-4-13(12)19-16(20-17)10-25-18(22)11-5-6-14-15(9-11)24-8-7-23-14/h1-6,9H,7-8,10H2,(H,19,20,21). The van der Waals surface area contributed by atoms with Crippen LogP contribution in [-0.2, 0) is 11.3 Å². The van der Waals surface area contributed by atoms with E-state index in [2.05, 4.69) is 9.97 Å². The van der Waals surface area contributed by atoms with E-state index < -0.39 is 5.97 Å². The van der Waals surface area contributed by atoms with E-state index >= 15 is 0 Å². The molecule has 3 aromatic rings. The summed E-state index contributed by atoms with van der Waals surface area (Å²) >= 11 is 0. The van der Waals surface area contributed by atoms with Crippen LogP contribution in [0.1, 0.15) is 16.2 Å². The third-order valence-electron chi connectivity index (χ3n) is 3.78. The maximum absolute atomic E-state index is 12.2. The second kappa shape index (κ2) is 6.27. The fourth-order valence-electron chi connectivity index (χ4n) is 2.59. The molecule has 0 saturated carbocycles. The number of aromatic amines is 1. The first kappa shape index (κ1) is 15.2. The molecule has 0 amide bonds. The smallest absolute Gasteiger partial charge is 0.338 e. The van der Waals surface area contributed by atoms with Gasteiger partial charge in [0.05, 0.1) is 16.5 Å². The van der Waals surface area contributed by atoms with Crippen molar-refractivity contribution in [1.29, 1.82) is 0 Å². The quantitative estimate of drug-likeness (QED) is 0.735. The van der Waals surface area contributed by atoms with Crippen LogP contribution >= 0.6 is 0 Å². The molecule has 1 aliphatic rings. The van der Waals surface area contributed by atoms with E-state index in [1.165, 1.54) is 0 Å². The second-order valence-corrected chi connectivity index (χ2v) is 5.46. The highest BCUT2D eigenvalue weighted by Gasteiger charge is 2.16. The molecule has 0 saturated heterocycles. The van der Waals surface area contributed by atoms with Crippen LogP contribution < -0.4 is 15.0 Å². The van der Waals surface area contributed by atoms with E-state index in [0.29, 0.717) is 41.2 Å². The van der Waals surface area contributed by atoms with Gasteiger partial charge in [-0.15, -0.1) is 0 Å². The number of benzene rings is 2. The molecule has 2 heterocycles. The Morgan fingerprint density at radius 2 is 1.92 bits per heavy atom. The molecule has 0 bridgehead atoms. The van der Waals surface area contributed by atoms with Crippen LogP contribution in [0.4, 0.5) is 0 Å². The van der Waals surface area contributed by atoms with Gasteiger partial charge in [0.15, 0.2) is 11.5 Å². The van der Waals surface area contributed by atoms with Gasteiger partial charge in [0.1, 0.15) is 25.6 Å². The summed E-state index contributed by atoms with van der Waals surface area (Å²) in [5.74, 6) is 0.864. The van der Waals surface area contributed by atoms with Crippen molar-refractivity contribution in [3.63, 3.8) is 0 Å². The molecule has 7 heteroatoms. The Labute approximate surface area is 142 Å². The van der Waals surface area contributed by atoms with E-state index in [1.54, 1.807) is 42.5 Å². The van der Waals surface area contributed by atoms with Crippen molar-refractivity contribution >= 4 is 16.9 Å². The lowest BCUT2D eigenvalue weighted by molar-refractivity contribution is 0.0461. The van der Waals surface area contributed by atoms with Crippen LogP contribution in [0.15, 0.2) is 47.3 Å². The Balaban J connectivity index is 1.51. The van der Waals surface area contributed by atoms with Crippen molar-refractivity contribution in [1.82, 2.24) is 9.97 Å². The number of carbonyl (C=O) groups is 1. The summed E-state index contributed by atoms with van der Waals surface area (Å²) in [5.41, 5.74) is 0.625. The van der Waals surface area contributed by atoms with E-state index in [4.69, 9.17) is 14.2 Å². The lowest BCUT2D eigenvalue weighted by atomic mass is 10.2. The molecule has 0 fully saturated rings. The molecule has 25 heavy (non-hydrogen) atoms. The minimum atomic E-state index is -0.534. The van der Waals surface area contributed by atoms with Crippen LogP contribution in [0.2, 0.25) is 0 Å². The molecule has 0 atom stereocenters. The molecule has 0 aliphatic carbocycles. The fraction of sp³-hybridized carbons (Fsp3) is 0.167. The van der Waals surface area contributed by atoms with E-state index in [-0.39, 0.29) is 18.0 Å². The van der Waals surface area contributed by atoms with Crippen LogP contribution in [0, 0.1) is 0 Å². The van der Waals surface area contributed by atoms with Crippen LogP contribution in [0.3, 0.4) is 0 Å². The van der Waals surface area contributed by atoms with Gasteiger partial charge in [0, 0.05) is 0 Å². The average Bonchev–Trinajstić information content (AvgIpc) is 2.66. The number of hydrogen-bond donors (Lipinski definition) is 1. The van der Waals surface area contributed by atoms with Crippen molar-refractivity contribution in [3.8, 4) is 11.5 Å². The molecule has 0 unspecified atom stereocenters. The van der Waals surface area contributed by atoms with Crippen LogP contribution in [0.5, 0.6) is 11.5 Å². The number of ether oxygens (including phenoxy) is 3. The number of nitrogens with zero attached hydrogens (tertiary/aromatic N) is 1. The number of esters is 1. The molecule has 0 spiro atoms. The van der Waals surface area contributed by atoms with Crippen LogP contribution in [-0.4, -0.2) is 29.2 Å². The van der Waals surface area contributed by atoms with Crippen molar-refractivity contribution in [2.75, 3.05) is 13.2 Å². The van der Waals surface area contributed by atoms with Gasteiger partial charge < -0.3 is 19.2 Å². The van der Waals surface area contributed by atoms with Crippen LogP contribution in [0.25, 0.3) is 10.9 Å². The van der Waals surface area contributed by atoms with Gasteiger partial charge in [-0.05, 0) is 30.3 Å². The number of aromatic nitrogens is 2. The summed E-state index contributed by atoms with van der Waals surface area (Å²) in [6.07, 6.45) is 0. The van der Waals surface area contributed by atoms with Crippen molar-refractivity contribution in [2.45, 2.75) is 6.61 Å². The lowest BCUT2D eigenvalue weighted by Gasteiger charge is -2.18. The third kappa shape index (κ3) is 3.03. The Bertz CT molecular complexity index is 1010. The fourth-order valence-corrected chi connectivity index (χ4v) is 2.59. The maximum atomic E-state index is 12.2. The second-order valence-electron chi connectivity index (χ2n) is 5.46. The first-order valence-electron chi connectivity index (χ1n) is 7.75. The van der Waals surface area contributed by atoms with E-state index in [0.717, 1.165) is 0 Å². The Morgan fingerprint density at radius 3 is 2.80 bits per heavy atom. The van der Waals surface area contributed by atoms with Gasteiger partial charge in [-0.3, -0.25) is 4.79 Å². The number of fused-ring (bicyclic) bond motifs is 2. The first-order chi connectivity index (χ1) is 12.2. The number of H-pyrrole nitrogens is 1. The highest BCUT2D eigenvalue weighted by Crippen LogP contribution is 2.30. The molecular weight excluding hydrogens is 324 g/mol. The summed E-state index contributed by atoms with van der Waals surface area (Å²) in [6.45, 7) is 0.791. The highest BCUT2D eigenvalue weighted by molar-refractivity contribution is 5.90. The molecule has 4 rings (SSSR count). The summed E-state index contributed by atoms with van der Waals surface area (Å²) < 4.78 is 16.1. The summed E-state index contributed by atoms with van der Waals surface area (Å²) in [4.78, 5) is 31.1. The topological polar surface area (TPSA) is 90.5 Å². The Hall–Kier alpha value is -3.35. The average molecular weight is 338 g/mol. The molecule has 126 valence electrons. The van der Waals surface area contributed by atoms with Gasteiger partial charge in [0.25, 0.3) is 5.56 Å². The van der Waals surface area contributed by atoms with Gasteiger partial charge in [0.2, 0.25) is 0 Å². The normalized spacial score (nSPS) is 12.8. The van der Waals surface area contributed by atoms with E-state index in [1.807, 2.05) is 0 Å². The SMILES string of the molecule is O=C(OCc1nc2ccccc2c(=O)[nH]1)c1ccc2c(c1)OCCO2.